The number of alkyl halides is 3. The van der Waals surface area contributed by atoms with Crippen molar-refractivity contribution in [1.29, 1.82) is 5.26 Å². The monoisotopic (exact) mass is 483 g/mol. The van der Waals surface area contributed by atoms with E-state index in [4.69, 9.17) is 5.26 Å². The molecule has 2 aromatic rings. The first kappa shape index (κ1) is 24.3. The van der Waals surface area contributed by atoms with Crippen LogP contribution in [0.3, 0.4) is 0 Å². The average molecular weight is 483 g/mol. The normalized spacial score (nSPS) is 18.0. The van der Waals surface area contributed by atoms with Gasteiger partial charge in [-0.05, 0) is 62.3 Å². The first-order chi connectivity index (χ1) is 16.7. The molecule has 4 rings (SSSR count). The molecule has 10 heteroatoms. The van der Waals surface area contributed by atoms with Gasteiger partial charge in [0.25, 0.3) is 5.91 Å². The van der Waals surface area contributed by atoms with Gasteiger partial charge in [0.05, 0.1) is 46.7 Å². The molecule has 2 N–H and O–H groups in total. The highest BCUT2D eigenvalue weighted by Gasteiger charge is 2.44. The van der Waals surface area contributed by atoms with Gasteiger partial charge in [-0.15, -0.1) is 0 Å². The topological polar surface area (TPSA) is 88.5 Å². The Morgan fingerprint density at radius 3 is 2.54 bits per heavy atom. The molecule has 0 saturated heterocycles. The molecule has 0 spiro atoms. The summed E-state index contributed by atoms with van der Waals surface area (Å²) in [4.78, 5) is 29.5. The van der Waals surface area contributed by atoms with E-state index >= 15 is 0 Å². The molecule has 0 aromatic heterocycles. The first-order valence-electron chi connectivity index (χ1n) is 11.2. The lowest BCUT2D eigenvalue weighted by Gasteiger charge is -2.33. The molecule has 2 aliphatic heterocycles. The Morgan fingerprint density at radius 1 is 1.14 bits per heavy atom. The van der Waals surface area contributed by atoms with Crippen molar-refractivity contribution in [2.75, 3.05) is 31.6 Å². The minimum atomic E-state index is -4.57. The van der Waals surface area contributed by atoms with Crippen LogP contribution in [0.5, 0.6) is 0 Å². The molecule has 182 valence electrons. The molecule has 0 radical (unpaired) electrons. The number of nitriles is 1. The van der Waals surface area contributed by atoms with Crippen LogP contribution in [0.25, 0.3) is 0 Å². The Kier molecular flexibility index (Phi) is 6.80. The van der Waals surface area contributed by atoms with Crippen LogP contribution in [0.15, 0.2) is 59.8 Å². The van der Waals surface area contributed by atoms with Gasteiger partial charge in [-0.2, -0.15) is 18.4 Å². The van der Waals surface area contributed by atoms with Crippen LogP contribution < -0.4 is 15.5 Å². The number of anilines is 1. The molecule has 2 aliphatic rings. The second kappa shape index (κ2) is 9.80. The Bertz CT molecular complexity index is 1200. The van der Waals surface area contributed by atoms with E-state index < -0.39 is 23.8 Å². The molecular formula is C25H24F3N5O2. The zero-order valence-corrected chi connectivity index (χ0v) is 19.0. The number of halogens is 3. The average Bonchev–Trinajstić information content (AvgIpc) is 3.16. The molecule has 2 aromatic carbocycles. The number of hydrogen-bond acceptors (Lipinski definition) is 4. The molecule has 3 amide bonds. The highest BCUT2D eigenvalue weighted by atomic mass is 19.4. The third kappa shape index (κ3) is 4.86. The van der Waals surface area contributed by atoms with Crippen LogP contribution in [0.2, 0.25) is 0 Å². The largest absolute Gasteiger partial charge is 0.416 e. The molecule has 0 saturated carbocycles. The van der Waals surface area contributed by atoms with Crippen molar-refractivity contribution in [2.24, 2.45) is 0 Å². The van der Waals surface area contributed by atoms with Crippen LogP contribution >= 0.6 is 0 Å². The number of nitrogens with zero attached hydrogens (tertiary/aromatic N) is 3. The number of hydrogen-bond donors (Lipinski definition) is 2. The molecule has 0 aliphatic carbocycles. The number of unbranched alkanes of at least 4 members (excludes halogenated alkanes) is 1. The second-order valence-corrected chi connectivity index (χ2v) is 8.40. The van der Waals surface area contributed by atoms with Gasteiger partial charge in [-0.1, -0.05) is 18.2 Å². The van der Waals surface area contributed by atoms with Crippen molar-refractivity contribution in [1.82, 2.24) is 15.5 Å². The summed E-state index contributed by atoms with van der Waals surface area (Å²) in [5.74, 6) is -0.268. The fourth-order valence-corrected chi connectivity index (χ4v) is 4.38. The molecule has 1 atom stereocenters. The van der Waals surface area contributed by atoms with Crippen molar-refractivity contribution in [3.63, 3.8) is 0 Å². The lowest BCUT2D eigenvalue weighted by Crippen LogP contribution is -2.47. The van der Waals surface area contributed by atoms with E-state index in [-0.39, 0.29) is 18.1 Å². The van der Waals surface area contributed by atoms with Gasteiger partial charge in [0.2, 0.25) is 0 Å². The molecule has 35 heavy (non-hydrogen) atoms. The zero-order valence-electron chi connectivity index (χ0n) is 19.0. The van der Waals surface area contributed by atoms with Crippen molar-refractivity contribution >= 4 is 17.6 Å². The van der Waals surface area contributed by atoms with Crippen molar-refractivity contribution < 1.29 is 22.8 Å². The molecule has 2 heterocycles. The van der Waals surface area contributed by atoms with E-state index in [1.165, 1.54) is 12.1 Å². The number of benzene rings is 2. The van der Waals surface area contributed by atoms with Crippen molar-refractivity contribution in [3.05, 3.63) is 76.5 Å². The maximum absolute atomic E-state index is 13.5. The summed E-state index contributed by atoms with van der Waals surface area (Å²) in [7, 11) is 1.84. The Balaban J connectivity index is 1.74. The van der Waals surface area contributed by atoms with E-state index in [2.05, 4.69) is 10.6 Å². The maximum atomic E-state index is 13.5. The highest BCUT2D eigenvalue weighted by molar-refractivity contribution is 6.07. The van der Waals surface area contributed by atoms with Crippen LogP contribution in [0.1, 0.15) is 35.6 Å². The Morgan fingerprint density at radius 2 is 1.89 bits per heavy atom. The van der Waals surface area contributed by atoms with Crippen molar-refractivity contribution in [2.45, 2.75) is 25.1 Å². The Labute approximate surface area is 200 Å². The molecule has 0 unspecified atom stereocenters. The van der Waals surface area contributed by atoms with Crippen LogP contribution in [0.4, 0.5) is 23.7 Å². The summed E-state index contributed by atoms with van der Waals surface area (Å²) in [5, 5.41) is 14.9. The van der Waals surface area contributed by atoms with Gasteiger partial charge in [-0.25, -0.2) is 4.79 Å². The van der Waals surface area contributed by atoms with Crippen LogP contribution in [0, 0.1) is 11.3 Å². The fraction of sp³-hybridized carbons (Fsp3) is 0.320. The lowest BCUT2D eigenvalue weighted by atomic mass is 9.94. The Hall–Kier alpha value is -3.84. The number of urea groups is 1. The van der Waals surface area contributed by atoms with Gasteiger partial charge in [0.15, 0.2) is 0 Å². The van der Waals surface area contributed by atoms with Gasteiger partial charge in [-0.3, -0.25) is 9.69 Å². The predicted molar refractivity (Wildman–Crippen MR) is 123 cm³/mol. The summed E-state index contributed by atoms with van der Waals surface area (Å²) in [6.07, 6.45) is -2.99. The first-order valence-corrected chi connectivity index (χ1v) is 11.2. The number of rotatable bonds is 7. The third-order valence-corrected chi connectivity index (χ3v) is 6.11. The number of nitrogens with one attached hydrogen (secondary N) is 2. The number of carbonyl (C=O) groups is 2. The predicted octanol–water partition coefficient (Wildman–Crippen LogP) is 3.94. The highest BCUT2D eigenvalue weighted by Crippen LogP contribution is 2.40. The van der Waals surface area contributed by atoms with E-state index in [1.807, 2.05) is 13.1 Å². The zero-order chi connectivity index (χ0) is 25.2. The summed E-state index contributed by atoms with van der Waals surface area (Å²) >= 11 is 0. The number of amides is 3. The summed E-state index contributed by atoms with van der Waals surface area (Å²) in [6.45, 7) is 1.36. The quantitative estimate of drug-likeness (QED) is 0.584. The minimum absolute atomic E-state index is 0.0351. The van der Waals surface area contributed by atoms with Crippen LogP contribution in [-0.4, -0.2) is 43.5 Å². The van der Waals surface area contributed by atoms with Crippen molar-refractivity contribution in [3.8, 4) is 6.07 Å². The minimum Gasteiger partial charge on any atom is -0.333 e. The third-order valence-electron chi connectivity index (χ3n) is 6.11. The van der Waals surface area contributed by atoms with Gasteiger partial charge >= 0.3 is 12.2 Å². The SMILES string of the molecule is CNCCCCN1CC2=C(C1=O)[C@@H](c1ccc(C#N)cc1)NC(=O)N2c1cccc(C(F)(F)F)c1. The van der Waals surface area contributed by atoms with E-state index in [0.29, 0.717) is 28.9 Å². The molecular weight excluding hydrogens is 459 g/mol. The maximum Gasteiger partial charge on any atom is 0.416 e. The second-order valence-electron chi connectivity index (χ2n) is 8.40. The summed E-state index contributed by atoms with van der Waals surface area (Å²) < 4.78 is 40.1. The van der Waals surface area contributed by atoms with Gasteiger partial charge in [0, 0.05) is 6.54 Å². The van der Waals surface area contributed by atoms with E-state index in [1.54, 1.807) is 29.2 Å². The van der Waals surface area contributed by atoms with E-state index in [0.717, 1.165) is 36.4 Å². The molecule has 0 fully saturated rings. The molecule has 0 bridgehead atoms. The van der Waals surface area contributed by atoms with E-state index in [9.17, 15) is 22.8 Å². The number of carbonyl (C=O) groups excluding carboxylic acids is 2. The standard InChI is InChI=1S/C25H24F3N5O2/c1-30-11-2-3-12-32-15-20-21(23(32)34)22(17-9-7-16(14-29)8-10-17)31-24(35)33(20)19-6-4-5-18(13-19)25(26,27)28/h4-10,13,22,30H,2-3,11-12,15H2,1H3,(H,31,35)/t22-/m1/s1. The molecule has 7 nitrogen and oxygen atoms in total. The van der Waals surface area contributed by atoms with Crippen LogP contribution in [-0.2, 0) is 11.0 Å². The van der Waals surface area contributed by atoms with Gasteiger partial charge < -0.3 is 15.5 Å². The summed E-state index contributed by atoms with van der Waals surface area (Å²) in [6, 6.07) is 11.6. The smallest absolute Gasteiger partial charge is 0.333 e. The summed E-state index contributed by atoms with van der Waals surface area (Å²) in [5.41, 5.74) is 0.875. The lowest BCUT2D eigenvalue weighted by molar-refractivity contribution is -0.137. The van der Waals surface area contributed by atoms with Gasteiger partial charge in [0.1, 0.15) is 0 Å². The fourth-order valence-electron chi connectivity index (χ4n) is 4.38.